The van der Waals surface area contributed by atoms with Crippen LogP contribution in [0.25, 0.3) is 5.57 Å². The molecule has 1 fully saturated rings. The van der Waals surface area contributed by atoms with Crippen LogP contribution in [-0.4, -0.2) is 28.6 Å². The van der Waals surface area contributed by atoms with E-state index in [1.165, 1.54) is 67.0 Å². The van der Waals surface area contributed by atoms with Crippen LogP contribution in [0.3, 0.4) is 0 Å². The molecule has 1 saturated heterocycles. The molecule has 1 aliphatic carbocycles. The number of hydrogen-bond acceptors (Lipinski definition) is 5. The maximum absolute atomic E-state index is 7.51. The zero-order chi connectivity index (χ0) is 34.2. The summed E-state index contributed by atoms with van der Waals surface area (Å²) in [6.07, 6.45) is 2.08. The van der Waals surface area contributed by atoms with Crippen LogP contribution in [0.2, 0.25) is 0 Å². The van der Waals surface area contributed by atoms with Gasteiger partial charge in [0.15, 0.2) is 0 Å². The second-order valence-electron chi connectivity index (χ2n) is 12.2. The van der Waals surface area contributed by atoms with E-state index in [-0.39, 0.29) is 6.10 Å². The van der Waals surface area contributed by atoms with Crippen molar-refractivity contribution in [1.82, 2.24) is 0 Å². The minimum atomic E-state index is -1.88. The standard InChI is InChI=1S/C21H27N2.C15H10.C3H8O3.2ClH.Ru/c1-14-9-16(3)20(17(4)10-14)22-7-8-23(13-22)21-18(5)11-15(2)12-19(21)6;1-2-6-12(7-3-1)15-11-10-13-8-4-5-9-14(13)15;1-3(2)5-6-4;;;/h9-13H,7-8H2,1-6H3;1-9,11H;3-4H,1-2H3;2*1H;/q-1;;;;;+2/p-2. The Labute approximate surface area is 293 Å². The maximum atomic E-state index is 7.51. The number of rotatable bonds is 5. The van der Waals surface area contributed by atoms with Gasteiger partial charge in [0.05, 0.1) is 6.10 Å². The summed E-state index contributed by atoms with van der Waals surface area (Å²) in [5, 5.41) is 10.8. The van der Waals surface area contributed by atoms with Crippen molar-refractivity contribution in [2.45, 2.75) is 61.5 Å². The molecular formula is C39H45Cl2N2O3Ru-. The predicted octanol–water partition coefficient (Wildman–Crippen LogP) is 10.4. The number of hydrogen-bond donors (Lipinski definition) is 1. The third-order valence-electron chi connectivity index (χ3n) is 7.91. The van der Waals surface area contributed by atoms with Crippen LogP contribution in [0.15, 0.2) is 84.9 Å². The average molecular weight is 762 g/mol. The van der Waals surface area contributed by atoms with Crippen LogP contribution >= 0.6 is 19.4 Å². The van der Waals surface area contributed by atoms with Crippen molar-refractivity contribution < 1.29 is 28.7 Å². The third kappa shape index (κ3) is 9.41. The summed E-state index contributed by atoms with van der Waals surface area (Å²) in [6, 6.07) is 27.8. The predicted molar refractivity (Wildman–Crippen MR) is 196 cm³/mol. The van der Waals surface area contributed by atoms with Gasteiger partial charge in [-0.05, 0) is 77.6 Å². The van der Waals surface area contributed by atoms with Crippen LogP contribution in [0.5, 0.6) is 0 Å². The van der Waals surface area contributed by atoms with Gasteiger partial charge in [-0.1, -0.05) is 40.4 Å². The van der Waals surface area contributed by atoms with Gasteiger partial charge in [-0.15, -0.1) is 0 Å². The van der Waals surface area contributed by atoms with Gasteiger partial charge in [0.2, 0.25) is 0 Å². The monoisotopic (exact) mass is 761 g/mol. The Morgan fingerprint density at radius 2 is 1.15 bits per heavy atom. The Hall–Kier alpha value is -2.83. The summed E-state index contributed by atoms with van der Waals surface area (Å²) in [5.41, 5.74) is 15.7. The first-order valence-electron chi connectivity index (χ1n) is 15.7. The first-order chi connectivity index (χ1) is 22.4. The fourth-order valence-electron chi connectivity index (χ4n) is 6.34. The second kappa shape index (κ2) is 17.0. The van der Waals surface area contributed by atoms with E-state index in [1.54, 1.807) is 13.8 Å². The number of aryl methyl sites for hydroxylation is 6. The summed E-state index contributed by atoms with van der Waals surface area (Å²) in [6.45, 7) is 21.1. The van der Waals surface area contributed by atoms with Gasteiger partial charge in [0.25, 0.3) is 0 Å². The van der Waals surface area contributed by atoms with Crippen molar-refractivity contribution in [3.63, 3.8) is 0 Å². The molecule has 6 rings (SSSR count). The van der Waals surface area contributed by atoms with Crippen molar-refractivity contribution in [3.05, 3.63) is 142 Å². The van der Waals surface area contributed by atoms with Crippen LogP contribution < -0.4 is 9.80 Å². The molecule has 4 aromatic carbocycles. The van der Waals surface area contributed by atoms with E-state index in [9.17, 15) is 0 Å². The molecular weight excluding hydrogens is 716 g/mol. The molecule has 0 bridgehead atoms. The molecule has 5 nitrogen and oxygen atoms in total. The molecule has 0 aromatic heterocycles. The fourth-order valence-corrected chi connectivity index (χ4v) is 8.82. The third-order valence-corrected chi connectivity index (χ3v) is 11.0. The van der Waals surface area contributed by atoms with Gasteiger partial charge >= 0.3 is 120 Å². The number of allylic oxidation sites excluding steroid dienone is 1. The van der Waals surface area contributed by atoms with Crippen molar-refractivity contribution in [1.29, 1.82) is 0 Å². The van der Waals surface area contributed by atoms with Crippen LogP contribution in [0.1, 0.15) is 63.9 Å². The van der Waals surface area contributed by atoms with Gasteiger partial charge in [0.1, 0.15) is 0 Å². The molecule has 0 saturated carbocycles. The van der Waals surface area contributed by atoms with E-state index in [0.29, 0.717) is 0 Å². The number of anilines is 2. The first kappa shape index (κ1) is 37.0. The van der Waals surface area contributed by atoms with E-state index < -0.39 is 13.5 Å². The summed E-state index contributed by atoms with van der Waals surface area (Å²) in [5.74, 6) is 0. The zero-order valence-corrected chi connectivity index (χ0v) is 31.7. The molecule has 1 aliphatic heterocycles. The Bertz CT molecular complexity index is 1640. The topological polar surface area (TPSA) is 45.2 Å². The van der Waals surface area contributed by atoms with E-state index >= 15 is 0 Å². The van der Waals surface area contributed by atoms with Gasteiger partial charge in [-0.25, -0.2) is 10.1 Å². The van der Waals surface area contributed by atoms with Gasteiger partial charge in [0, 0.05) is 24.5 Å². The molecule has 1 heterocycles. The molecule has 0 radical (unpaired) electrons. The summed E-state index contributed by atoms with van der Waals surface area (Å²) in [7, 11) is 12.4. The molecule has 0 atom stereocenters. The van der Waals surface area contributed by atoms with Crippen LogP contribution in [0, 0.1) is 48.2 Å². The molecule has 1 N–H and O–H groups in total. The van der Waals surface area contributed by atoms with Crippen molar-refractivity contribution in [2.75, 3.05) is 22.9 Å². The van der Waals surface area contributed by atoms with E-state index in [1.807, 2.05) is 24.3 Å². The molecule has 47 heavy (non-hydrogen) atoms. The first-order valence-corrected chi connectivity index (χ1v) is 21.0. The van der Waals surface area contributed by atoms with E-state index in [0.717, 1.165) is 17.2 Å². The van der Waals surface area contributed by atoms with E-state index in [4.69, 9.17) is 24.6 Å². The quantitative estimate of drug-likeness (QED) is 0.0950. The molecule has 0 spiro atoms. The van der Waals surface area contributed by atoms with Gasteiger partial charge < -0.3 is 9.80 Å². The Balaban J connectivity index is 0.000000185. The van der Waals surface area contributed by atoms with Crippen molar-refractivity contribution in [2.24, 2.45) is 0 Å². The molecule has 252 valence electrons. The average Bonchev–Trinajstić information content (AvgIpc) is 3.63. The van der Waals surface area contributed by atoms with Crippen LogP contribution in [0.4, 0.5) is 11.4 Å². The zero-order valence-electron chi connectivity index (χ0n) is 28.4. The Kier molecular flexibility index (Phi) is 13.4. The Morgan fingerprint density at radius 3 is 1.55 bits per heavy atom. The summed E-state index contributed by atoms with van der Waals surface area (Å²) < 4.78 is 1.12. The molecule has 2 aliphatic rings. The number of nitrogens with zero attached hydrogens (tertiary/aromatic N) is 2. The SMILES string of the molecule is CC(C)OOO.Cc1cc(C)c(N2[CH-]N(c3c(C)cc(C)cc3C)CC2)c(C)c1.[Cl][Ru]([Cl])=[C]1C=C(c2ccccc2)c2ccccc21. The molecule has 0 amide bonds. The van der Waals surface area contributed by atoms with Crippen LogP contribution in [-0.2, 0) is 23.4 Å². The second-order valence-corrected chi connectivity index (χ2v) is 18.0. The summed E-state index contributed by atoms with van der Waals surface area (Å²) in [4.78, 5) is 8.91. The number of benzene rings is 4. The van der Waals surface area contributed by atoms with Gasteiger partial charge in [-0.3, -0.25) is 0 Å². The minimum absolute atomic E-state index is 0.0741. The molecule has 8 heteroatoms. The van der Waals surface area contributed by atoms with Crippen molar-refractivity contribution >= 4 is 40.4 Å². The van der Waals surface area contributed by atoms with Gasteiger partial charge in [-0.2, -0.15) is 6.67 Å². The molecule has 0 unspecified atom stereocenters. The fraction of sp³-hybridized carbons (Fsp3) is 0.282. The number of halogens is 2. The van der Waals surface area contributed by atoms with E-state index in [2.05, 4.69) is 129 Å². The molecule has 4 aromatic rings. The number of fused-ring (bicyclic) bond motifs is 1. The van der Waals surface area contributed by atoms with Crippen molar-refractivity contribution in [3.8, 4) is 0 Å². The summed E-state index contributed by atoms with van der Waals surface area (Å²) >= 11 is -1.88. The normalized spacial score (nSPS) is 13.9. The Morgan fingerprint density at radius 1 is 0.702 bits per heavy atom.